The Labute approximate surface area is 91.8 Å². The first-order valence-electron chi connectivity index (χ1n) is 4.77. The molecule has 0 aliphatic rings. The Balaban J connectivity index is 4.62. The van der Waals surface area contributed by atoms with Gasteiger partial charge in [0.1, 0.15) is 0 Å². The standard InChI is InChI=1S/C9H15F3N2O2/c1-5(2)14(6(3)4)8(16)13-7(15)9(10,11)12/h5-6H,1-4H3,(H,13,15,16). The lowest BCUT2D eigenvalue weighted by molar-refractivity contribution is -0.172. The number of rotatable bonds is 2. The minimum absolute atomic E-state index is 0.291. The lowest BCUT2D eigenvalue weighted by atomic mass is 10.2. The highest BCUT2D eigenvalue weighted by Gasteiger charge is 2.40. The summed E-state index contributed by atoms with van der Waals surface area (Å²) in [5.74, 6) is -2.25. The molecule has 1 N–H and O–H groups in total. The number of hydrogen-bond acceptors (Lipinski definition) is 2. The van der Waals surface area contributed by atoms with E-state index in [9.17, 15) is 22.8 Å². The summed E-state index contributed by atoms with van der Waals surface area (Å²) in [6.45, 7) is 6.60. The van der Waals surface area contributed by atoms with Gasteiger partial charge in [-0.2, -0.15) is 13.2 Å². The third-order valence-electron chi connectivity index (χ3n) is 1.83. The quantitative estimate of drug-likeness (QED) is 0.801. The normalized spacial score (nSPS) is 11.8. The van der Waals surface area contributed by atoms with E-state index in [0.29, 0.717) is 0 Å². The molecule has 0 spiro atoms. The Morgan fingerprint density at radius 2 is 1.44 bits per heavy atom. The van der Waals surface area contributed by atoms with Crippen LogP contribution in [0.1, 0.15) is 27.7 Å². The minimum atomic E-state index is -5.05. The molecule has 4 nitrogen and oxygen atoms in total. The van der Waals surface area contributed by atoms with E-state index >= 15 is 0 Å². The van der Waals surface area contributed by atoms with Gasteiger partial charge in [-0.05, 0) is 27.7 Å². The van der Waals surface area contributed by atoms with Crippen molar-refractivity contribution >= 4 is 11.9 Å². The van der Waals surface area contributed by atoms with E-state index in [1.54, 1.807) is 27.7 Å². The van der Waals surface area contributed by atoms with Crippen molar-refractivity contribution < 1.29 is 22.8 Å². The second-order valence-electron chi connectivity index (χ2n) is 3.85. The van der Waals surface area contributed by atoms with E-state index in [2.05, 4.69) is 0 Å². The van der Waals surface area contributed by atoms with Gasteiger partial charge in [-0.15, -0.1) is 0 Å². The number of urea groups is 1. The molecule has 0 aromatic rings. The molecule has 0 aliphatic carbocycles. The lowest BCUT2D eigenvalue weighted by Gasteiger charge is -2.30. The molecular weight excluding hydrogens is 225 g/mol. The number of hydrogen-bond donors (Lipinski definition) is 1. The highest BCUT2D eigenvalue weighted by molar-refractivity contribution is 5.97. The van der Waals surface area contributed by atoms with Crippen LogP contribution in [0.25, 0.3) is 0 Å². The zero-order valence-corrected chi connectivity index (χ0v) is 9.55. The van der Waals surface area contributed by atoms with Crippen LogP contribution in [0.4, 0.5) is 18.0 Å². The first kappa shape index (κ1) is 14.7. The van der Waals surface area contributed by atoms with E-state index in [4.69, 9.17) is 0 Å². The predicted molar refractivity (Wildman–Crippen MR) is 51.7 cm³/mol. The molecule has 0 unspecified atom stereocenters. The maximum Gasteiger partial charge on any atom is 0.471 e. The largest absolute Gasteiger partial charge is 0.471 e. The number of halogens is 3. The highest BCUT2D eigenvalue weighted by atomic mass is 19.4. The molecule has 0 radical (unpaired) electrons. The monoisotopic (exact) mass is 240 g/mol. The number of carbonyl (C=O) groups is 2. The van der Waals surface area contributed by atoms with Gasteiger partial charge in [0.25, 0.3) is 0 Å². The van der Waals surface area contributed by atoms with Gasteiger partial charge in [0.15, 0.2) is 0 Å². The Bertz CT molecular complexity index is 266. The fourth-order valence-electron chi connectivity index (χ4n) is 1.30. The van der Waals surface area contributed by atoms with Gasteiger partial charge in [-0.25, -0.2) is 4.79 Å². The molecule has 0 rings (SSSR count). The molecule has 16 heavy (non-hydrogen) atoms. The first-order chi connectivity index (χ1) is 7.07. The first-order valence-corrected chi connectivity index (χ1v) is 4.77. The minimum Gasteiger partial charge on any atom is -0.320 e. The fourth-order valence-corrected chi connectivity index (χ4v) is 1.30. The van der Waals surface area contributed by atoms with E-state index in [-0.39, 0.29) is 12.1 Å². The van der Waals surface area contributed by atoms with Gasteiger partial charge in [0.2, 0.25) is 0 Å². The number of carbonyl (C=O) groups excluding carboxylic acids is 2. The number of amides is 3. The third kappa shape index (κ3) is 4.08. The van der Waals surface area contributed by atoms with Crippen molar-refractivity contribution in [2.24, 2.45) is 0 Å². The molecule has 7 heteroatoms. The summed E-state index contributed by atoms with van der Waals surface area (Å²) in [4.78, 5) is 23.1. The average Bonchev–Trinajstić information content (AvgIpc) is 1.99. The van der Waals surface area contributed by atoms with E-state index in [0.717, 1.165) is 4.90 Å². The molecule has 3 amide bonds. The molecule has 0 aliphatic heterocycles. The summed E-state index contributed by atoms with van der Waals surface area (Å²) >= 11 is 0. The molecule has 0 aromatic carbocycles. The van der Waals surface area contributed by atoms with Gasteiger partial charge < -0.3 is 4.90 Å². The fraction of sp³-hybridized carbons (Fsp3) is 0.778. The van der Waals surface area contributed by atoms with Gasteiger partial charge in [0.05, 0.1) is 0 Å². The van der Waals surface area contributed by atoms with Gasteiger partial charge in [-0.1, -0.05) is 0 Å². The molecule has 0 fully saturated rings. The van der Waals surface area contributed by atoms with Crippen molar-refractivity contribution in [2.45, 2.75) is 46.0 Å². The van der Waals surface area contributed by atoms with Crippen molar-refractivity contribution in [3.8, 4) is 0 Å². The third-order valence-corrected chi connectivity index (χ3v) is 1.83. The van der Waals surface area contributed by atoms with Crippen molar-refractivity contribution in [2.75, 3.05) is 0 Å². The second kappa shape index (κ2) is 5.18. The number of alkyl halides is 3. The summed E-state index contributed by atoms with van der Waals surface area (Å²) in [6, 6.07) is -1.62. The van der Waals surface area contributed by atoms with E-state index in [1.807, 2.05) is 0 Å². The van der Waals surface area contributed by atoms with E-state index in [1.165, 1.54) is 5.32 Å². The Kier molecular flexibility index (Phi) is 4.77. The van der Waals surface area contributed by atoms with E-state index < -0.39 is 18.1 Å². The molecule has 0 saturated carbocycles. The van der Waals surface area contributed by atoms with Gasteiger partial charge in [-0.3, -0.25) is 10.1 Å². The maximum atomic E-state index is 11.9. The smallest absolute Gasteiger partial charge is 0.320 e. The van der Waals surface area contributed by atoms with Crippen LogP contribution in [-0.2, 0) is 4.79 Å². The van der Waals surface area contributed by atoms with Crippen LogP contribution < -0.4 is 5.32 Å². The zero-order valence-electron chi connectivity index (χ0n) is 9.55. The van der Waals surface area contributed by atoms with Crippen molar-refractivity contribution in [1.82, 2.24) is 10.2 Å². The Morgan fingerprint density at radius 1 is 1.06 bits per heavy atom. The summed E-state index contributed by atoms with van der Waals surface area (Å²) in [5, 5.41) is 1.31. The van der Waals surface area contributed by atoms with Gasteiger partial charge >= 0.3 is 18.1 Å². The molecule has 0 heterocycles. The lowest BCUT2D eigenvalue weighted by Crippen LogP contribution is -2.52. The molecule has 0 aromatic heterocycles. The van der Waals surface area contributed by atoms with Crippen LogP contribution in [0.3, 0.4) is 0 Å². The van der Waals surface area contributed by atoms with Gasteiger partial charge in [0, 0.05) is 12.1 Å². The second-order valence-corrected chi connectivity index (χ2v) is 3.85. The molecule has 0 atom stereocenters. The van der Waals surface area contributed by atoms with Crippen molar-refractivity contribution in [1.29, 1.82) is 0 Å². The number of imide groups is 1. The van der Waals surface area contributed by atoms with Crippen molar-refractivity contribution in [3.63, 3.8) is 0 Å². The molecule has 0 bridgehead atoms. The van der Waals surface area contributed by atoms with Crippen LogP contribution in [0, 0.1) is 0 Å². The Hall–Kier alpha value is -1.27. The number of nitrogens with one attached hydrogen (secondary N) is 1. The zero-order chi connectivity index (χ0) is 13.1. The summed E-state index contributed by atoms with van der Waals surface area (Å²) in [6.07, 6.45) is -5.05. The average molecular weight is 240 g/mol. The number of nitrogens with zero attached hydrogens (tertiary/aromatic N) is 1. The molecule has 0 saturated heterocycles. The maximum absolute atomic E-state index is 11.9. The van der Waals surface area contributed by atoms with Crippen molar-refractivity contribution in [3.05, 3.63) is 0 Å². The predicted octanol–water partition coefficient (Wildman–Crippen LogP) is 1.90. The summed E-state index contributed by atoms with van der Waals surface area (Å²) in [7, 11) is 0. The summed E-state index contributed by atoms with van der Waals surface area (Å²) < 4.78 is 35.7. The highest BCUT2D eigenvalue weighted by Crippen LogP contribution is 2.15. The van der Waals surface area contributed by atoms with Crippen LogP contribution >= 0.6 is 0 Å². The van der Waals surface area contributed by atoms with Crippen LogP contribution in [0.15, 0.2) is 0 Å². The SMILES string of the molecule is CC(C)N(C(=O)NC(=O)C(F)(F)F)C(C)C. The van der Waals surface area contributed by atoms with Crippen LogP contribution in [-0.4, -0.2) is 35.1 Å². The van der Waals surface area contributed by atoms with Crippen LogP contribution in [0.5, 0.6) is 0 Å². The Morgan fingerprint density at radius 3 is 1.69 bits per heavy atom. The topological polar surface area (TPSA) is 49.4 Å². The molecular formula is C9H15F3N2O2. The molecule has 94 valence electrons. The van der Waals surface area contributed by atoms with Crippen LogP contribution in [0.2, 0.25) is 0 Å². The summed E-state index contributed by atoms with van der Waals surface area (Å²) in [5.41, 5.74) is 0.